The highest BCUT2D eigenvalue weighted by Gasteiger charge is 2.22. The van der Waals surface area contributed by atoms with E-state index in [1.807, 2.05) is 44.2 Å². The topological polar surface area (TPSA) is 71.1 Å². The van der Waals surface area contributed by atoms with E-state index in [-0.39, 0.29) is 30.9 Å². The largest absolute Gasteiger partial charge is 0.493 e. The Morgan fingerprint density at radius 1 is 1.00 bits per heavy atom. The van der Waals surface area contributed by atoms with Gasteiger partial charge in [-0.1, -0.05) is 32.0 Å². The summed E-state index contributed by atoms with van der Waals surface area (Å²) in [6.07, 6.45) is 2.03. The van der Waals surface area contributed by atoms with Crippen molar-refractivity contribution < 1.29 is 28.5 Å². The van der Waals surface area contributed by atoms with Gasteiger partial charge in [0.05, 0.1) is 20.1 Å². The van der Waals surface area contributed by atoms with Crippen molar-refractivity contribution in [1.82, 2.24) is 0 Å². The van der Waals surface area contributed by atoms with E-state index in [1.165, 1.54) is 0 Å². The van der Waals surface area contributed by atoms with Crippen molar-refractivity contribution in [2.24, 2.45) is 5.92 Å². The molecule has 0 fully saturated rings. The lowest BCUT2D eigenvalue weighted by atomic mass is 9.99. The van der Waals surface area contributed by atoms with Crippen LogP contribution in [-0.4, -0.2) is 39.2 Å². The molecule has 0 N–H and O–H groups in total. The maximum atomic E-state index is 12.0. The summed E-state index contributed by atoms with van der Waals surface area (Å²) in [6.45, 7) is 4.11. The number of carbonyl (C=O) groups is 2. The minimum atomic E-state index is -0.234. The van der Waals surface area contributed by atoms with Gasteiger partial charge in [-0.05, 0) is 36.1 Å². The molecule has 0 bridgehead atoms. The zero-order chi connectivity index (χ0) is 21.7. The number of esters is 1. The molecule has 0 aliphatic heterocycles. The number of rotatable bonds is 9. The first kappa shape index (κ1) is 21.7. The summed E-state index contributed by atoms with van der Waals surface area (Å²) in [6, 6.07) is 9.54. The number of ketones is 1. The van der Waals surface area contributed by atoms with Crippen LogP contribution in [0.3, 0.4) is 0 Å². The van der Waals surface area contributed by atoms with Gasteiger partial charge < -0.3 is 18.9 Å². The minimum absolute atomic E-state index is 0.138. The number of fused-ring (bicyclic) bond motifs is 1. The molecule has 30 heavy (non-hydrogen) atoms. The Labute approximate surface area is 177 Å². The quantitative estimate of drug-likeness (QED) is 0.447. The molecule has 6 nitrogen and oxygen atoms in total. The van der Waals surface area contributed by atoms with Gasteiger partial charge in [0.2, 0.25) is 5.75 Å². The van der Waals surface area contributed by atoms with Crippen LogP contribution in [0.1, 0.15) is 42.6 Å². The predicted octanol–water partition coefficient (Wildman–Crippen LogP) is 4.47. The second-order valence-corrected chi connectivity index (χ2v) is 7.30. The van der Waals surface area contributed by atoms with Crippen molar-refractivity contribution >= 4 is 11.8 Å². The fraction of sp³-hybridized carbons (Fsp3) is 0.417. The molecule has 0 saturated carbocycles. The van der Waals surface area contributed by atoms with Gasteiger partial charge >= 0.3 is 5.97 Å². The van der Waals surface area contributed by atoms with Crippen LogP contribution < -0.4 is 14.2 Å². The highest BCUT2D eigenvalue weighted by molar-refractivity contribution is 6.01. The fourth-order valence-electron chi connectivity index (χ4n) is 3.49. The van der Waals surface area contributed by atoms with E-state index in [9.17, 15) is 9.59 Å². The van der Waals surface area contributed by atoms with Crippen molar-refractivity contribution in [1.29, 1.82) is 0 Å². The summed E-state index contributed by atoms with van der Waals surface area (Å²) in [5.74, 6) is 1.34. The average molecular weight is 412 g/mol. The summed E-state index contributed by atoms with van der Waals surface area (Å²) in [4.78, 5) is 23.8. The Bertz CT molecular complexity index is 934. The van der Waals surface area contributed by atoms with Gasteiger partial charge in [0.1, 0.15) is 13.2 Å². The molecule has 2 aromatic carbocycles. The van der Waals surface area contributed by atoms with Crippen molar-refractivity contribution in [3.05, 3.63) is 41.5 Å². The maximum absolute atomic E-state index is 12.0. The molecule has 0 saturated heterocycles. The summed E-state index contributed by atoms with van der Waals surface area (Å²) < 4.78 is 22.3. The first-order valence-electron chi connectivity index (χ1n) is 10.2. The molecule has 1 unspecified atom stereocenters. The van der Waals surface area contributed by atoms with Gasteiger partial charge in [0, 0.05) is 17.5 Å². The number of methoxy groups -OCH3 is 2. The molecular formula is C24H28O6. The molecule has 1 aliphatic rings. The van der Waals surface area contributed by atoms with Crippen LogP contribution in [0.25, 0.3) is 11.1 Å². The summed E-state index contributed by atoms with van der Waals surface area (Å²) >= 11 is 0. The molecular weight excluding hydrogens is 384 g/mol. The standard InChI is InChI=1S/C24H28O6/c1-5-15(2)24(26)30-13-12-29-22-19(9-11-21(27-3)23(22)28-4)17-6-8-18-16(14-17)7-10-20(18)25/h6,8-9,11,14-15H,5,7,10,12-13H2,1-4H3. The smallest absolute Gasteiger partial charge is 0.308 e. The molecule has 0 aromatic heterocycles. The third-order valence-corrected chi connectivity index (χ3v) is 5.43. The molecule has 2 aromatic rings. The normalized spacial score (nSPS) is 13.5. The second kappa shape index (κ2) is 9.65. The lowest BCUT2D eigenvalue weighted by molar-refractivity contribution is -0.148. The van der Waals surface area contributed by atoms with Gasteiger partial charge in [0.25, 0.3) is 0 Å². The molecule has 1 aliphatic carbocycles. The Kier molecular flexibility index (Phi) is 6.98. The van der Waals surface area contributed by atoms with Crippen molar-refractivity contribution in [3.8, 4) is 28.4 Å². The Morgan fingerprint density at radius 3 is 2.47 bits per heavy atom. The molecule has 0 spiro atoms. The lowest BCUT2D eigenvalue weighted by Gasteiger charge is -2.18. The Hall–Kier alpha value is -3.02. The first-order chi connectivity index (χ1) is 14.5. The van der Waals surface area contributed by atoms with Crippen LogP contribution in [-0.2, 0) is 16.0 Å². The first-order valence-corrected chi connectivity index (χ1v) is 10.2. The van der Waals surface area contributed by atoms with E-state index < -0.39 is 0 Å². The third kappa shape index (κ3) is 4.42. The van der Waals surface area contributed by atoms with Gasteiger partial charge in [-0.2, -0.15) is 0 Å². The molecule has 0 amide bonds. The fourth-order valence-corrected chi connectivity index (χ4v) is 3.49. The second-order valence-electron chi connectivity index (χ2n) is 7.30. The molecule has 0 radical (unpaired) electrons. The molecule has 3 rings (SSSR count). The van der Waals surface area contributed by atoms with E-state index in [2.05, 4.69) is 0 Å². The number of carbonyl (C=O) groups excluding carboxylic acids is 2. The van der Waals surface area contributed by atoms with Crippen LogP contribution in [0.15, 0.2) is 30.3 Å². The van der Waals surface area contributed by atoms with Gasteiger partial charge in [-0.3, -0.25) is 9.59 Å². The maximum Gasteiger partial charge on any atom is 0.308 e. The molecule has 0 heterocycles. The minimum Gasteiger partial charge on any atom is -0.493 e. The van der Waals surface area contributed by atoms with Gasteiger partial charge in [-0.15, -0.1) is 0 Å². The number of ether oxygens (including phenoxy) is 4. The summed E-state index contributed by atoms with van der Waals surface area (Å²) in [7, 11) is 3.12. The summed E-state index contributed by atoms with van der Waals surface area (Å²) in [5, 5.41) is 0. The van der Waals surface area contributed by atoms with Gasteiger partial charge in [-0.25, -0.2) is 0 Å². The monoisotopic (exact) mass is 412 g/mol. The zero-order valence-corrected chi connectivity index (χ0v) is 17.9. The molecule has 1 atom stereocenters. The van der Waals surface area contributed by atoms with E-state index in [4.69, 9.17) is 18.9 Å². The predicted molar refractivity (Wildman–Crippen MR) is 114 cm³/mol. The number of hydrogen-bond donors (Lipinski definition) is 0. The SMILES string of the molecule is CCC(C)C(=O)OCCOc1c(-c2ccc3c(c2)CCC3=O)ccc(OC)c1OC. The van der Waals surface area contributed by atoms with E-state index in [0.717, 1.165) is 35.1 Å². The number of Topliss-reactive ketones (excluding diaryl/α,β-unsaturated/α-hetero) is 1. The number of benzene rings is 2. The Morgan fingerprint density at radius 2 is 1.77 bits per heavy atom. The molecule has 6 heteroatoms. The van der Waals surface area contributed by atoms with E-state index >= 15 is 0 Å². The third-order valence-electron chi connectivity index (χ3n) is 5.43. The van der Waals surface area contributed by atoms with Crippen LogP contribution in [0, 0.1) is 5.92 Å². The van der Waals surface area contributed by atoms with Gasteiger partial charge in [0.15, 0.2) is 17.3 Å². The van der Waals surface area contributed by atoms with Crippen LogP contribution >= 0.6 is 0 Å². The van der Waals surface area contributed by atoms with Crippen LogP contribution in [0.5, 0.6) is 17.2 Å². The van der Waals surface area contributed by atoms with Crippen molar-refractivity contribution in [2.45, 2.75) is 33.1 Å². The Balaban J connectivity index is 1.87. The number of hydrogen-bond acceptors (Lipinski definition) is 6. The highest BCUT2D eigenvalue weighted by atomic mass is 16.6. The van der Waals surface area contributed by atoms with Crippen molar-refractivity contribution in [3.63, 3.8) is 0 Å². The van der Waals surface area contributed by atoms with E-state index in [0.29, 0.717) is 23.7 Å². The van der Waals surface area contributed by atoms with Crippen LogP contribution in [0.4, 0.5) is 0 Å². The summed E-state index contributed by atoms with van der Waals surface area (Å²) in [5.41, 5.74) is 3.58. The number of aryl methyl sites for hydroxylation is 1. The highest BCUT2D eigenvalue weighted by Crippen LogP contribution is 2.45. The lowest BCUT2D eigenvalue weighted by Crippen LogP contribution is -2.18. The van der Waals surface area contributed by atoms with Crippen molar-refractivity contribution in [2.75, 3.05) is 27.4 Å². The average Bonchev–Trinajstić information content (AvgIpc) is 3.15. The van der Waals surface area contributed by atoms with Crippen LogP contribution in [0.2, 0.25) is 0 Å². The molecule has 160 valence electrons. The van der Waals surface area contributed by atoms with E-state index in [1.54, 1.807) is 14.2 Å². The zero-order valence-electron chi connectivity index (χ0n) is 17.9.